The van der Waals surface area contributed by atoms with Gasteiger partial charge in [-0.3, -0.25) is 9.69 Å². The predicted octanol–water partition coefficient (Wildman–Crippen LogP) is 1.46. The Hall–Kier alpha value is -1.47. The van der Waals surface area contributed by atoms with E-state index in [1.807, 2.05) is 0 Å². The number of hydrogen-bond donors (Lipinski definition) is 1. The SMILES string of the molecule is Cc1nonc1CC(=O)NCC[C@H]1CN(C2CCCCC2)CCO1. The summed E-state index contributed by atoms with van der Waals surface area (Å²) in [4.78, 5) is 14.5. The van der Waals surface area contributed by atoms with Gasteiger partial charge >= 0.3 is 0 Å². The zero-order chi connectivity index (χ0) is 16.8. The summed E-state index contributed by atoms with van der Waals surface area (Å²) in [6.45, 7) is 5.26. The summed E-state index contributed by atoms with van der Waals surface area (Å²) >= 11 is 0. The zero-order valence-corrected chi connectivity index (χ0v) is 14.5. The van der Waals surface area contributed by atoms with E-state index >= 15 is 0 Å². The second-order valence-corrected chi connectivity index (χ2v) is 6.89. The smallest absolute Gasteiger partial charge is 0.226 e. The molecule has 2 fully saturated rings. The van der Waals surface area contributed by atoms with Crippen LogP contribution in [0.15, 0.2) is 4.63 Å². The standard InChI is InChI=1S/C17H28N4O3/c1-13-16(20-24-19-13)11-17(22)18-8-7-15-12-21(9-10-23-15)14-5-3-2-4-6-14/h14-15H,2-12H2,1H3,(H,18,22)/t15-/m0/s1. The van der Waals surface area contributed by atoms with Gasteiger partial charge in [0, 0.05) is 25.7 Å². The third-order valence-electron chi connectivity index (χ3n) is 5.12. The van der Waals surface area contributed by atoms with Crippen molar-refractivity contribution in [2.45, 2.75) is 64.0 Å². The highest BCUT2D eigenvalue weighted by Crippen LogP contribution is 2.24. The average molecular weight is 336 g/mol. The number of rotatable bonds is 6. The summed E-state index contributed by atoms with van der Waals surface area (Å²) in [5.41, 5.74) is 1.27. The van der Waals surface area contributed by atoms with E-state index in [0.717, 1.165) is 32.2 Å². The lowest BCUT2D eigenvalue weighted by Gasteiger charge is -2.40. The molecule has 2 aliphatic rings. The molecular formula is C17H28N4O3. The van der Waals surface area contributed by atoms with Crippen LogP contribution in [0, 0.1) is 6.92 Å². The van der Waals surface area contributed by atoms with Crippen LogP contribution in [0.5, 0.6) is 0 Å². The van der Waals surface area contributed by atoms with Crippen molar-refractivity contribution in [3.8, 4) is 0 Å². The summed E-state index contributed by atoms with van der Waals surface area (Å²) in [6.07, 6.45) is 8.05. The minimum Gasteiger partial charge on any atom is -0.375 e. The van der Waals surface area contributed by atoms with Gasteiger partial charge in [0.1, 0.15) is 11.4 Å². The fourth-order valence-corrected chi connectivity index (χ4v) is 3.69. The van der Waals surface area contributed by atoms with Crippen LogP contribution in [0.2, 0.25) is 0 Å². The second kappa shape index (κ2) is 8.58. The van der Waals surface area contributed by atoms with Crippen molar-refractivity contribution in [2.24, 2.45) is 0 Å². The Bertz CT molecular complexity index is 528. The maximum Gasteiger partial charge on any atom is 0.226 e. The van der Waals surface area contributed by atoms with Gasteiger partial charge in [-0.15, -0.1) is 0 Å². The van der Waals surface area contributed by atoms with Crippen LogP contribution in [0.1, 0.15) is 49.9 Å². The largest absolute Gasteiger partial charge is 0.375 e. The third kappa shape index (κ3) is 4.77. The number of hydrogen-bond acceptors (Lipinski definition) is 6. The fraction of sp³-hybridized carbons (Fsp3) is 0.824. The van der Waals surface area contributed by atoms with Crippen molar-refractivity contribution < 1.29 is 14.2 Å². The monoisotopic (exact) mass is 336 g/mol. The van der Waals surface area contributed by atoms with Crippen molar-refractivity contribution in [1.82, 2.24) is 20.5 Å². The fourth-order valence-electron chi connectivity index (χ4n) is 3.69. The summed E-state index contributed by atoms with van der Waals surface area (Å²) in [7, 11) is 0. The molecule has 0 spiro atoms. The highest BCUT2D eigenvalue weighted by Gasteiger charge is 2.27. The summed E-state index contributed by atoms with van der Waals surface area (Å²) < 4.78 is 10.5. The van der Waals surface area contributed by atoms with Crippen molar-refractivity contribution in [3.05, 3.63) is 11.4 Å². The highest BCUT2D eigenvalue weighted by atomic mass is 16.6. The van der Waals surface area contributed by atoms with Gasteiger partial charge in [0.15, 0.2) is 0 Å². The molecule has 3 rings (SSSR count). The van der Waals surface area contributed by atoms with E-state index in [1.165, 1.54) is 32.1 Å². The molecule has 0 unspecified atom stereocenters. The van der Waals surface area contributed by atoms with Gasteiger partial charge in [-0.1, -0.05) is 29.6 Å². The van der Waals surface area contributed by atoms with Crippen LogP contribution in [-0.4, -0.2) is 59.5 Å². The topological polar surface area (TPSA) is 80.5 Å². The van der Waals surface area contributed by atoms with E-state index in [9.17, 15) is 4.79 Å². The normalized spacial score (nSPS) is 23.3. The maximum atomic E-state index is 11.9. The van der Waals surface area contributed by atoms with Crippen molar-refractivity contribution in [3.63, 3.8) is 0 Å². The summed E-state index contributed by atoms with van der Waals surface area (Å²) in [5, 5.41) is 10.4. The molecule has 1 amide bonds. The lowest BCUT2D eigenvalue weighted by Crippen LogP contribution is -2.49. The Labute approximate surface area is 143 Å². The Morgan fingerprint density at radius 3 is 2.88 bits per heavy atom. The third-order valence-corrected chi connectivity index (χ3v) is 5.12. The lowest BCUT2D eigenvalue weighted by atomic mass is 9.93. The van der Waals surface area contributed by atoms with Crippen molar-refractivity contribution in [1.29, 1.82) is 0 Å². The van der Waals surface area contributed by atoms with E-state index in [2.05, 4.69) is 25.2 Å². The molecule has 7 heteroatoms. The van der Waals surface area contributed by atoms with Crippen LogP contribution in [0.3, 0.4) is 0 Å². The van der Waals surface area contributed by atoms with E-state index in [4.69, 9.17) is 4.74 Å². The van der Waals surface area contributed by atoms with Crippen LogP contribution < -0.4 is 5.32 Å². The predicted molar refractivity (Wildman–Crippen MR) is 88.6 cm³/mol. The molecule has 134 valence electrons. The summed E-state index contributed by atoms with van der Waals surface area (Å²) in [5.74, 6) is -0.0475. The zero-order valence-electron chi connectivity index (χ0n) is 14.5. The minimum atomic E-state index is -0.0475. The number of aromatic nitrogens is 2. The van der Waals surface area contributed by atoms with E-state index < -0.39 is 0 Å². The number of morpholine rings is 1. The number of aryl methyl sites for hydroxylation is 1. The minimum absolute atomic E-state index is 0.0475. The van der Waals surface area contributed by atoms with Gasteiger partial charge in [0.05, 0.1) is 19.1 Å². The van der Waals surface area contributed by atoms with Crippen LogP contribution in [0.25, 0.3) is 0 Å². The first-order valence-corrected chi connectivity index (χ1v) is 9.13. The molecule has 2 heterocycles. The molecule has 1 aromatic heterocycles. The van der Waals surface area contributed by atoms with Gasteiger partial charge in [-0.2, -0.15) is 0 Å². The Kier molecular flexibility index (Phi) is 6.20. The van der Waals surface area contributed by atoms with Crippen LogP contribution in [-0.2, 0) is 16.0 Å². The van der Waals surface area contributed by atoms with E-state index in [-0.39, 0.29) is 18.4 Å². The number of carbonyl (C=O) groups is 1. The average Bonchev–Trinajstić information content (AvgIpc) is 3.01. The molecule has 0 radical (unpaired) electrons. The molecule has 1 N–H and O–H groups in total. The number of ether oxygens (including phenoxy) is 1. The number of amides is 1. The molecule has 1 saturated carbocycles. The molecule has 1 saturated heterocycles. The van der Waals surface area contributed by atoms with Gasteiger partial charge in [0.25, 0.3) is 0 Å². The van der Waals surface area contributed by atoms with E-state index in [1.54, 1.807) is 6.92 Å². The van der Waals surface area contributed by atoms with Gasteiger partial charge in [-0.05, 0) is 26.2 Å². The molecule has 1 aliphatic heterocycles. The van der Waals surface area contributed by atoms with Gasteiger partial charge < -0.3 is 10.1 Å². The quantitative estimate of drug-likeness (QED) is 0.847. The molecule has 1 aliphatic carbocycles. The first-order valence-electron chi connectivity index (χ1n) is 9.13. The van der Waals surface area contributed by atoms with Gasteiger partial charge in [-0.25, -0.2) is 4.63 Å². The molecular weight excluding hydrogens is 308 g/mol. The number of nitrogens with one attached hydrogen (secondary N) is 1. The molecule has 1 atom stereocenters. The molecule has 0 bridgehead atoms. The Morgan fingerprint density at radius 1 is 1.29 bits per heavy atom. The van der Waals surface area contributed by atoms with Crippen LogP contribution >= 0.6 is 0 Å². The van der Waals surface area contributed by atoms with E-state index in [0.29, 0.717) is 17.9 Å². The first kappa shape index (κ1) is 17.4. The molecule has 1 aromatic rings. The Balaban J connectivity index is 1.36. The first-order chi connectivity index (χ1) is 11.7. The van der Waals surface area contributed by atoms with Gasteiger partial charge in [0.2, 0.25) is 5.91 Å². The number of nitrogens with zero attached hydrogens (tertiary/aromatic N) is 3. The number of carbonyl (C=O) groups excluding carboxylic acids is 1. The lowest BCUT2D eigenvalue weighted by molar-refractivity contribution is -0.120. The van der Waals surface area contributed by atoms with Crippen LogP contribution in [0.4, 0.5) is 0 Å². The molecule has 24 heavy (non-hydrogen) atoms. The Morgan fingerprint density at radius 2 is 2.12 bits per heavy atom. The molecule has 0 aromatic carbocycles. The van der Waals surface area contributed by atoms with Crippen molar-refractivity contribution in [2.75, 3.05) is 26.2 Å². The molecule has 7 nitrogen and oxygen atoms in total. The highest BCUT2D eigenvalue weighted by molar-refractivity contribution is 5.78. The summed E-state index contributed by atoms with van der Waals surface area (Å²) in [6, 6.07) is 0.738. The van der Waals surface area contributed by atoms with Crippen molar-refractivity contribution >= 4 is 5.91 Å². The second-order valence-electron chi connectivity index (χ2n) is 6.89. The maximum absolute atomic E-state index is 11.9.